The molecule has 3 amide bonds. The second-order valence-electron chi connectivity index (χ2n) is 6.43. The van der Waals surface area contributed by atoms with Crippen LogP contribution < -0.4 is 19.5 Å². The van der Waals surface area contributed by atoms with Crippen molar-refractivity contribution < 1.29 is 32.6 Å². The number of hydrazone groups is 1. The van der Waals surface area contributed by atoms with Gasteiger partial charge in [-0.15, -0.1) is 5.01 Å². The van der Waals surface area contributed by atoms with Crippen LogP contribution in [0, 0.1) is 0 Å². The van der Waals surface area contributed by atoms with Gasteiger partial charge in [-0.25, -0.2) is 4.79 Å². The van der Waals surface area contributed by atoms with E-state index in [1.54, 1.807) is 18.2 Å². The van der Waals surface area contributed by atoms with Crippen molar-refractivity contribution in [1.29, 1.82) is 0 Å². The number of nitrogens with one attached hydrogen (secondary N) is 1. The molecule has 150 valence electrons. The molecule has 0 aliphatic carbocycles. The molecule has 2 aliphatic rings. The maximum Gasteiger partial charge on any atom is 0.387 e. The van der Waals surface area contributed by atoms with E-state index in [1.165, 1.54) is 37.4 Å². The van der Waals surface area contributed by atoms with Gasteiger partial charge in [0.25, 0.3) is 5.91 Å². The van der Waals surface area contributed by atoms with Crippen LogP contribution in [0.25, 0.3) is 0 Å². The van der Waals surface area contributed by atoms with Crippen LogP contribution >= 0.6 is 0 Å². The molecule has 29 heavy (non-hydrogen) atoms. The quantitative estimate of drug-likeness (QED) is 0.613. The molecule has 1 N–H and O–H groups in total. The van der Waals surface area contributed by atoms with E-state index in [9.17, 15) is 18.4 Å². The summed E-state index contributed by atoms with van der Waals surface area (Å²) >= 11 is 0. The number of benzene rings is 2. The predicted molar refractivity (Wildman–Crippen MR) is 96.0 cm³/mol. The molecule has 1 saturated heterocycles. The van der Waals surface area contributed by atoms with Crippen molar-refractivity contribution in [2.45, 2.75) is 19.1 Å². The Morgan fingerprint density at radius 3 is 2.62 bits per heavy atom. The highest BCUT2D eigenvalue weighted by Crippen LogP contribution is 2.33. The minimum absolute atomic E-state index is 0.0539. The van der Waals surface area contributed by atoms with Gasteiger partial charge in [0.05, 0.1) is 6.21 Å². The monoisotopic (exact) mass is 403 g/mol. The van der Waals surface area contributed by atoms with Gasteiger partial charge < -0.3 is 19.5 Å². The molecule has 0 spiro atoms. The first-order valence-electron chi connectivity index (χ1n) is 8.52. The lowest BCUT2D eigenvalue weighted by Crippen LogP contribution is -2.40. The standard InChI is InChI=1S/C19H15F2N3O5/c1-19(12-3-5-13(6-4-12)29-17(20)21)16(25)24(18(26)23-19)22-9-11-2-7-14-15(8-11)28-10-27-14/h2-9,17H,10H2,1H3,(H,23,26)/t19-/m0/s1. The molecule has 4 rings (SSSR count). The fourth-order valence-corrected chi connectivity index (χ4v) is 3.01. The van der Waals surface area contributed by atoms with Gasteiger partial charge in [-0.05, 0) is 48.4 Å². The van der Waals surface area contributed by atoms with Crippen LogP contribution in [-0.2, 0) is 10.3 Å². The van der Waals surface area contributed by atoms with Crippen molar-refractivity contribution >= 4 is 18.2 Å². The van der Waals surface area contributed by atoms with Gasteiger partial charge in [0.1, 0.15) is 11.3 Å². The summed E-state index contributed by atoms with van der Waals surface area (Å²) in [5.74, 6) is 0.481. The lowest BCUT2D eigenvalue weighted by Gasteiger charge is -2.21. The predicted octanol–water partition coefficient (Wildman–Crippen LogP) is 2.82. The molecule has 2 aromatic carbocycles. The highest BCUT2D eigenvalue weighted by Gasteiger charge is 2.49. The van der Waals surface area contributed by atoms with Crippen molar-refractivity contribution in [1.82, 2.24) is 10.3 Å². The molecule has 0 aromatic heterocycles. The number of ether oxygens (including phenoxy) is 3. The number of halogens is 2. The Hall–Kier alpha value is -3.69. The van der Waals surface area contributed by atoms with Gasteiger partial charge in [-0.1, -0.05) is 12.1 Å². The largest absolute Gasteiger partial charge is 0.454 e. The Labute approximate surface area is 163 Å². The Bertz CT molecular complexity index is 996. The van der Waals surface area contributed by atoms with Gasteiger partial charge in [0, 0.05) is 0 Å². The fourth-order valence-electron chi connectivity index (χ4n) is 3.01. The summed E-state index contributed by atoms with van der Waals surface area (Å²) in [4.78, 5) is 25.1. The van der Waals surface area contributed by atoms with Crippen molar-refractivity contribution in [2.75, 3.05) is 6.79 Å². The van der Waals surface area contributed by atoms with Gasteiger partial charge in [0.15, 0.2) is 11.5 Å². The minimum Gasteiger partial charge on any atom is -0.454 e. The zero-order valence-electron chi connectivity index (χ0n) is 15.1. The maximum atomic E-state index is 12.8. The number of amides is 3. The molecule has 0 bridgehead atoms. The Morgan fingerprint density at radius 2 is 1.90 bits per heavy atom. The third-order valence-electron chi connectivity index (χ3n) is 4.55. The lowest BCUT2D eigenvalue weighted by molar-refractivity contribution is -0.131. The molecule has 2 heterocycles. The average Bonchev–Trinajstić information content (AvgIpc) is 3.23. The SMILES string of the molecule is C[C@@]1(c2ccc(OC(F)F)cc2)NC(=O)N(N=Cc2ccc3c(c2)OCO3)C1=O. The van der Waals surface area contributed by atoms with E-state index < -0.39 is 24.1 Å². The average molecular weight is 403 g/mol. The first-order valence-corrected chi connectivity index (χ1v) is 8.52. The molecular weight excluding hydrogens is 388 g/mol. The molecule has 2 aliphatic heterocycles. The number of carbonyl (C=O) groups excluding carboxylic acids is 2. The number of carbonyl (C=O) groups is 2. The fraction of sp³-hybridized carbons (Fsp3) is 0.211. The molecule has 1 fully saturated rings. The third-order valence-corrected chi connectivity index (χ3v) is 4.55. The van der Waals surface area contributed by atoms with E-state index in [1.807, 2.05) is 0 Å². The molecule has 1 atom stereocenters. The van der Waals surface area contributed by atoms with E-state index in [-0.39, 0.29) is 12.5 Å². The minimum atomic E-state index is -2.95. The van der Waals surface area contributed by atoms with Gasteiger partial charge in [-0.3, -0.25) is 4.79 Å². The van der Waals surface area contributed by atoms with Gasteiger partial charge in [-0.2, -0.15) is 13.9 Å². The zero-order chi connectivity index (χ0) is 20.6. The molecule has 0 unspecified atom stereocenters. The van der Waals surface area contributed by atoms with Crippen LogP contribution in [0.1, 0.15) is 18.1 Å². The van der Waals surface area contributed by atoms with E-state index >= 15 is 0 Å². The molecule has 2 aromatic rings. The highest BCUT2D eigenvalue weighted by atomic mass is 19.3. The van der Waals surface area contributed by atoms with E-state index in [0.717, 1.165) is 0 Å². The van der Waals surface area contributed by atoms with Crippen LogP contribution in [0.5, 0.6) is 17.2 Å². The number of nitrogens with zero attached hydrogens (tertiary/aromatic N) is 2. The summed E-state index contributed by atoms with van der Waals surface area (Å²) in [6.07, 6.45) is 1.35. The maximum absolute atomic E-state index is 12.8. The number of hydrogen-bond donors (Lipinski definition) is 1. The summed E-state index contributed by atoms with van der Waals surface area (Å²) < 4.78 is 39.4. The Morgan fingerprint density at radius 1 is 1.17 bits per heavy atom. The lowest BCUT2D eigenvalue weighted by atomic mass is 9.92. The second-order valence-corrected chi connectivity index (χ2v) is 6.43. The number of imide groups is 1. The van der Waals surface area contributed by atoms with Crippen molar-refractivity contribution in [3.8, 4) is 17.2 Å². The first-order chi connectivity index (χ1) is 13.9. The summed E-state index contributed by atoms with van der Waals surface area (Å²) in [7, 11) is 0. The summed E-state index contributed by atoms with van der Waals surface area (Å²) in [6, 6.07) is 9.82. The molecule has 10 heteroatoms. The highest BCUT2D eigenvalue weighted by molar-refractivity contribution is 6.07. The number of hydrogen-bond acceptors (Lipinski definition) is 6. The van der Waals surface area contributed by atoms with Gasteiger partial charge in [0.2, 0.25) is 6.79 Å². The molecular formula is C19H15F2N3O5. The smallest absolute Gasteiger partial charge is 0.387 e. The topological polar surface area (TPSA) is 89.5 Å². The van der Waals surface area contributed by atoms with E-state index in [2.05, 4.69) is 15.2 Å². The van der Waals surface area contributed by atoms with Crippen molar-refractivity contribution in [3.05, 3.63) is 53.6 Å². The number of urea groups is 1. The second kappa shape index (κ2) is 7.04. The first kappa shape index (κ1) is 18.7. The summed E-state index contributed by atoms with van der Waals surface area (Å²) in [5, 5.41) is 7.28. The molecule has 0 saturated carbocycles. The number of alkyl halides is 2. The van der Waals surface area contributed by atoms with Crippen LogP contribution in [0.3, 0.4) is 0 Å². The van der Waals surface area contributed by atoms with E-state index in [0.29, 0.717) is 27.6 Å². The Balaban J connectivity index is 1.53. The number of fused-ring (bicyclic) bond motifs is 1. The van der Waals surface area contributed by atoms with Crippen LogP contribution in [0.4, 0.5) is 13.6 Å². The van der Waals surface area contributed by atoms with Crippen LogP contribution in [0.2, 0.25) is 0 Å². The molecule has 8 nitrogen and oxygen atoms in total. The van der Waals surface area contributed by atoms with Crippen LogP contribution in [-0.4, -0.2) is 36.6 Å². The third kappa shape index (κ3) is 3.44. The normalized spacial score (nSPS) is 20.6. The number of rotatable bonds is 5. The van der Waals surface area contributed by atoms with Crippen molar-refractivity contribution in [3.63, 3.8) is 0 Å². The van der Waals surface area contributed by atoms with E-state index in [4.69, 9.17) is 9.47 Å². The Kier molecular flexibility index (Phi) is 4.53. The zero-order valence-corrected chi connectivity index (χ0v) is 15.1. The van der Waals surface area contributed by atoms with Crippen LogP contribution in [0.15, 0.2) is 47.6 Å². The summed E-state index contributed by atoms with van der Waals surface area (Å²) in [6.45, 7) is -1.32. The van der Waals surface area contributed by atoms with Crippen molar-refractivity contribution in [2.24, 2.45) is 5.10 Å². The van der Waals surface area contributed by atoms with Gasteiger partial charge >= 0.3 is 12.6 Å². The summed E-state index contributed by atoms with van der Waals surface area (Å²) in [5.41, 5.74) is -0.387. The molecule has 0 radical (unpaired) electrons.